The van der Waals surface area contributed by atoms with Crippen LogP contribution in [0.15, 0.2) is 46.9 Å². The van der Waals surface area contributed by atoms with Gasteiger partial charge in [0.2, 0.25) is 0 Å². The van der Waals surface area contributed by atoms with Gasteiger partial charge in [-0.3, -0.25) is 4.79 Å². The molecular formula is C15H12BrFO2. The van der Waals surface area contributed by atoms with Gasteiger partial charge in [0.15, 0.2) is 5.78 Å². The van der Waals surface area contributed by atoms with E-state index in [9.17, 15) is 9.18 Å². The first-order valence-corrected chi connectivity index (χ1v) is 6.54. The number of carbonyl (C=O) groups is 1. The largest absolute Gasteiger partial charge is 0.488 e. The van der Waals surface area contributed by atoms with Crippen molar-refractivity contribution in [1.82, 2.24) is 0 Å². The van der Waals surface area contributed by atoms with Gasteiger partial charge in [0.1, 0.15) is 18.2 Å². The Kier molecular flexibility index (Phi) is 4.32. The van der Waals surface area contributed by atoms with Crippen LogP contribution in [0.25, 0.3) is 0 Å². The molecule has 0 unspecified atom stereocenters. The molecule has 0 spiro atoms. The van der Waals surface area contributed by atoms with E-state index in [-0.39, 0.29) is 18.2 Å². The highest BCUT2D eigenvalue weighted by molar-refractivity contribution is 9.10. The quantitative estimate of drug-likeness (QED) is 0.781. The monoisotopic (exact) mass is 322 g/mol. The third-order valence-electron chi connectivity index (χ3n) is 2.66. The molecule has 0 aromatic heterocycles. The van der Waals surface area contributed by atoms with Crippen molar-refractivity contribution in [2.45, 2.75) is 13.5 Å². The van der Waals surface area contributed by atoms with Gasteiger partial charge in [0, 0.05) is 10.0 Å². The first kappa shape index (κ1) is 13.7. The highest BCUT2D eigenvalue weighted by atomic mass is 79.9. The second kappa shape index (κ2) is 5.97. The third-order valence-corrected chi connectivity index (χ3v) is 3.16. The number of hydrogen-bond acceptors (Lipinski definition) is 2. The van der Waals surface area contributed by atoms with E-state index in [1.807, 2.05) is 0 Å². The number of halogens is 2. The molecule has 0 saturated heterocycles. The maximum absolute atomic E-state index is 13.5. The summed E-state index contributed by atoms with van der Waals surface area (Å²) >= 11 is 3.32. The summed E-state index contributed by atoms with van der Waals surface area (Å²) in [4.78, 5) is 11.5. The molecule has 98 valence electrons. The zero-order valence-corrected chi connectivity index (χ0v) is 11.9. The molecule has 0 bridgehead atoms. The van der Waals surface area contributed by atoms with E-state index >= 15 is 0 Å². The minimum Gasteiger partial charge on any atom is -0.488 e. The van der Waals surface area contributed by atoms with Crippen LogP contribution < -0.4 is 4.74 Å². The summed E-state index contributed by atoms with van der Waals surface area (Å²) in [5.41, 5.74) is 0.941. The lowest BCUT2D eigenvalue weighted by atomic mass is 10.1. The summed E-state index contributed by atoms with van der Waals surface area (Å²) in [7, 11) is 0. The van der Waals surface area contributed by atoms with Gasteiger partial charge in [0.25, 0.3) is 0 Å². The number of rotatable bonds is 4. The van der Waals surface area contributed by atoms with Crippen LogP contribution in [0, 0.1) is 5.82 Å². The Bertz CT molecular complexity index is 611. The minimum atomic E-state index is -0.318. The topological polar surface area (TPSA) is 26.3 Å². The Balaban J connectivity index is 2.22. The Labute approximate surface area is 119 Å². The average Bonchev–Trinajstić information content (AvgIpc) is 2.37. The Hall–Kier alpha value is -1.68. The molecule has 0 N–H and O–H groups in total. The number of hydrogen-bond donors (Lipinski definition) is 0. The first-order chi connectivity index (χ1) is 9.08. The van der Waals surface area contributed by atoms with Crippen molar-refractivity contribution in [2.75, 3.05) is 0 Å². The molecule has 0 aliphatic rings. The molecule has 0 atom stereocenters. The molecule has 2 aromatic rings. The smallest absolute Gasteiger partial charge is 0.163 e. The van der Waals surface area contributed by atoms with E-state index in [2.05, 4.69) is 15.9 Å². The lowest BCUT2D eigenvalue weighted by molar-refractivity contribution is 0.101. The van der Waals surface area contributed by atoms with E-state index in [0.717, 1.165) is 4.47 Å². The van der Waals surface area contributed by atoms with Gasteiger partial charge in [-0.1, -0.05) is 34.1 Å². The van der Waals surface area contributed by atoms with Crippen LogP contribution in [0.3, 0.4) is 0 Å². The summed E-state index contributed by atoms with van der Waals surface area (Å²) in [6.45, 7) is 1.56. The molecule has 19 heavy (non-hydrogen) atoms. The van der Waals surface area contributed by atoms with Gasteiger partial charge in [-0.15, -0.1) is 0 Å². The molecule has 0 aliphatic heterocycles. The van der Waals surface area contributed by atoms with Crippen molar-refractivity contribution in [1.29, 1.82) is 0 Å². The van der Waals surface area contributed by atoms with E-state index in [0.29, 0.717) is 16.9 Å². The van der Waals surface area contributed by atoms with Crippen molar-refractivity contribution in [3.63, 3.8) is 0 Å². The molecule has 2 aromatic carbocycles. The van der Waals surface area contributed by atoms with Crippen molar-refractivity contribution in [2.24, 2.45) is 0 Å². The van der Waals surface area contributed by atoms with Crippen LogP contribution in [0.5, 0.6) is 5.75 Å². The second-order valence-electron chi connectivity index (χ2n) is 4.08. The van der Waals surface area contributed by atoms with Crippen LogP contribution in [0.2, 0.25) is 0 Å². The number of Topliss-reactive ketones (excluding diaryl/α,β-unsaturated/α-hetero) is 1. The molecule has 4 heteroatoms. The first-order valence-electron chi connectivity index (χ1n) is 5.74. The third kappa shape index (κ3) is 3.41. The molecule has 2 nitrogen and oxygen atoms in total. The van der Waals surface area contributed by atoms with Crippen LogP contribution in [-0.4, -0.2) is 5.78 Å². The van der Waals surface area contributed by atoms with Gasteiger partial charge in [-0.05, 0) is 31.2 Å². The fraction of sp³-hybridized carbons (Fsp3) is 0.133. The summed E-state index contributed by atoms with van der Waals surface area (Å²) in [6, 6.07) is 11.6. The molecule has 0 fully saturated rings. The zero-order chi connectivity index (χ0) is 13.8. The van der Waals surface area contributed by atoms with Crippen molar-refractivity contribution < 1.29 is 13.9 Å². The Morgan fingerprint density at radius 2 is 2.00 bits per heavy atom. The van der Waals surface area contributed by atoms with Crippen LogP contribution >= 0.6 is 15.9 Å². The SMILES string of the molecule is CC(=O)c1ccc(Br)cc1OCc1ccccc1F. The lowest BCUT2D eigenvalue weighted by Crippen LogP contribution is -2.03. The summed E-state index contributed by atoms with van der Waals surface area (Å²) in [6.07, 6.45) is 0. The number of ether oxygens (including phenoxy) is 1. The number of carbonyl (C=O) groups excluding carboxylic acids is 1. The van der Waals surface area contributed by atoms with Crippen LogP contribution in [0.1, 0.15) is 22.8 Å². The van der Waals surface area contributed by atoms with Gasteiger partial charge in [-0.2, -0.15) is 0 Å². The molecule has 0 saturated carbocycles. The maximum Gasteiger partial charge on any atom is 0.163 e. The van der Waals surface area contributed by atoms with Gasteiger partial charge in [-0.25, -0.2) is 4.39 Å². The van der Waals surface area contributed by atoms with Crippen LogP contribution in [-0.2, 0) is 6.61 Å². The summed E-state index contributed by atoms with van der Waals surface area (Å²) in [5, 5.41) is 0. The number of ketones is 1. The standard InChI is InChI=1S/C15H12BrFO2/c1-10(18)13-7-6-12(16)8-15(13)19-9-11-4-2-3-5-14(11)17/h2-8H,9H2,1H3. The number of benzene rings is 2. The van der Waals surface area contributed by atoms with E-state index in [1.54, 1.807) is 36.4 Å². The van der Waals surface area contributed by atoms with Crippen molar-refractivity contribution >= 4 is 21.7 Å². The molecule has 0 radical (unpaired) electrons. The van der Waals surface area contributed by atoms with E-state index < -0.39 is 0 Å². The summed E-state index contributed by atoms with van der Waals surface area (Å²) < 4.78 is 19.8. The van der Waals surface area contributed by atoms with Crippen molar-refractivity contribution in [3.05, 3.63) is 63.9 Å². The van der Waals surface area contributed by atoms with E-state index in [4.69, 9.17) is 4.74 Å². The molecular weight excluding hydrogens is 311 g/mol. The second-order valence-corrected chi connectivity index (χ2v) is 4.99. The van der Waals surface area contributed by atoms with E-state index in [1.165, 1.54) is 13.0 Å². The highest BCUT2D eigenvalue weighted by Crippen LogP contribution is 2.25. The predicted octanol–water partition coefficient (Wildman–Crippen LogP) is 4.37. The molecule has 0 aliphatic carbocycles. The minimum absolute atomic E-state index is 0.0867. The zero-order valence-electron chi connectivity index (χ0n) is 10.3. The van der Waals surface area contributed by atoms with Gasteiger partial charge in [0.05, 0.1) is 5.56 Å². The van der Waals surface area contributed by atoms with Crippen molar-refractivity contribution in [3.8, 4) is 5.75 Å². The fourth-order valence-electron chi connectivity index (χ4n) is 1.68. The highest BCUT2D eigenvalue weighted by Gasteiger charge is 2.10. The summed E-state index contributed by atoms with van der Waals surface area (Å²) in [5.74, 6) is 0.0445. The average molecular weight is 323 g/mol. The Morgan fingerprint density at radius 1 is 1.26 bits per heavy atom. The lowest BCUT2D eigenvalue weighted by Gasteiger charge is -2.10. The molecule has 0 amide bonds. The molecule has 2 rings (SSSR count). The Morgan fingerprint density at radius 3 is 2.68 bits per heavy atom. The van der Waals surface area contributed by atoms with Gasteiger partial charge < -0.3 is 4.74 Å². The fourth-order valence-corrected chi connectivity index (χ4v) is 2.02. The molecule has 0 heterocycles. The predicted molar refractivity (Wildman–Crippen MR) is 74.9 cm³/mol. The van der Waals surface area contributed by atoms with Gasteiger partial charge >= 0.3 is 0 Å². The van der Waals surface area contributed by atoms with Crippen LogP contribution in [0.4, 0.5) is 4.39 Å². The maximum atomic E-state index is 13.5. The normalized spacial score (nSPS) is 10.3.